The lowest BCUT2D eigenvalue weighted by molar-refractivity contribution is 0.0607. The second-order valence-electron chi connectivity index (χ2n) is 2.96. The van der Waals surface area contributed by atoms with Gasteiger partial charge in [0.1, 0.15) is 0 Å². The summed E-state index contributed by atoms with van der Waals surface area (Å²) >= 11 is 1.66. The molecule has 1 aromatic heterocycles. The Bertz CT molecular complexity index is 342. The molecular weight excluding hydrogens is 228 g/mol. The Kier molecular flexibility index (Phi) is 5.07. The van der Waals surface area contributed by atoms with Crippen LogP contribution < -0.4 is 5.73 Å². The fraction of sp³-hybridized carbons (Fsp3) is 0.400. The summed E-state index contributed by atoms with van der Waals surface area (Å²) in [6.45, 7) is 1.71. The fourth-order valence-electron chi connectivity index (χ4n) is 1.17. The van der Waals surface area contributed by atoms with Crippen LogP contribution in [-0.4, -0.2) is 28.5 Å². The molecule has 3 N–H and O–H groups in total. The molecule has 5 nitrogen and oxygen atoms in total. The van der Waals surface area contributed by atoms with Gasteiger partial charge in [0.25, 0.3) is 0 Å². The summed E-state index contributed by atoms with van der Waals surface area (Å²) < 4.78 is 4.70. The van der Waals surface area contributed by atoms with E-state index in [0.717, 1.165) is 10.6 Å². The Morgan fingerprint density at radius 3 is 2.88 bits per heavy atom. The van der Waals surface area contributed by atoms with Gasteiger partial charge in [0, 0.05) is 11.1 Å². The van der Waals surface area contributed by atoms with Crippen molar-refractivity contribution in [2.24, 2.45) is 5.73 Å². The summed E-state index contributed by atoms with van der Waals surface area (Å²) in [5.74, 6) is 0.961. The number of aliphatic hydroxyl groups is 1. The molecule has 0 saturated heterocycles. The number of pyridine rings is 1. The lowest BCUT2D eigenvalue weighted by atomic mass is 10.2. The Morgan fingerprint density at radius 1 is 1.69 bits per heavy atom. The second-order valence-corrected chi connectivity index (χ2v) is 4.30. The number of nitrogens with two attached hydrogens (primary N) is 1. The van der Waals surface area contributed by atoms with Gasteiger partial charge in [-0.25, -0.2) is 4.79 Å². The van der Waals surface area contributed by atoms with Crippen molar-refractivity contribution in [1.29, 1.82) is 0 Å². The molecule has 16 heavy (non-hydrogen) atoms. The number of aromatic nitrogens is 1. The Labute approximate surface area is 98.0 Å². The molecule has 0 radical (unpaired) electrons. The number of hydrogen-bond acceptors (Lipinski definition) is 5. The second kappa shape index (κ2) is 6.34. The van der Waals surface area contributed by atoms with Crippen molar-refractivity contribution < 1.29 is 14.6 Å². The smallest absolute Gasteiger partial charge is 0.405 e. The molecule has 1 aromatic rings. The van der Waals surface area contributed by atoms with Crippen LogP contribution in [0.25, 0.3) is 0 Å². The van der Waals surface area contributed by atoms with E-state index in [1.807, 2.05) is 13.0 Å². The van der Waals surface area contributed by atoms with Crippen molar-refractivity contribution in [3.63, 3.8) is 0 Å². The first-order valence-corrected chi connectivity index (χ1v) is 5.81. The summed E-state index contributed by atoms with van der Waals surface area (Å²) in [7, 11) is 0. The summed E-state index contributed by atoms with van der Waals surface area (Å²) in [6.07, 6.45) is -0.0395. The van der Waals surface area contributed by atoms with Crippen LogP contribution in [0.3, 0.4) is 0 Å². The van der Waals surface area contributed by atoms with E-state index in [9.17, 15) is 4.79 Å². The van der Waals surface area contributed by atoms with Crippen molar-refractivity contribution >= 4 is 17.9 Å². The summed E-state index contributed by atoms with van der Waals surface area (Å²) in [4.78, 5) is 15.7. The van der Waals surface area contributed by atoms with E-state index in [-0.39, 0.29) is 6.61 Å². The Hall–Kier alpha value is -1.27. The van der Waals surface area contributed by atoms with Crippen LogP contribution in [0.4, 0.5) is 4.79 Å². The van der Waals surface area contributed by atoms with Crippen LogP contribution in [0.1, 0.15) is 18.7 Å². The van der Waals surface area contributed by atoms with Gasteiger partial charge in [-0.1, -0.05) is 6.92 Å². The van der Waals surface area contributed by atoms with Gasteiger partial charge in [-0.2, -0.15) is 0 Å². The van der Waals surface area contributed by atoms with Crippen molar-refractivity contribution in [2.45, 2.75) is 17.9 Å². The number of nitrogens with zero attached hydrogens (tertiary/aromatic N) is 1. The molecule has 0 bridgehead atoms. The monoisotopic (exact) mass is 242 g/mol. The van der Waals surface area contributed by atoms with E-state index in [4.69, 9.17) is 15.6 Å². The SMILES string of the molecule is CCSc1ccc([C@H](CO)OC(N)=O)nc1. The Morgan fingerprint density at radius 2 is 2.44 bits per heavy atom. The van der Waals surface area contributed by atoms with Gasteiger partial charge in [-0.15, -0.1) is 11.8 Å². The number of hydrogen-bond donors (Lipinski definition) is 2. The zero-order chi connectivity index (χ0) is 12.0. The Balaban J connectivity index is 2.73. The standard InChI is InChI=1S/C10H14N2O3S/c1-2-16-7-3-4-8(12-5-7)9(6-13)15-10(11)14/h3-5,9,13H,2,6H2,1H3,(H2,11,14)/t9-/m0/s1. The van der Waals surface area contributed by atoms with Crippen molar-refractivity contribution in [3.05, 3.63) is 24.0 Å². The van der Waals surface area contributed by atoms with Gasteiger partial charge in [0.2, 0.25) is 0 Å². The minimum Gasteiger partial charge on any atom is -0.437 e. The van der Waals surface area contributed by atoms with Gasteiger partial charge in [-0.05, 0) is 17.9 Å². The average Bonchev–Trinajstić information content (AvgIpc) is 2.27. The van der Waals surface area contributed by atoms with E-state index in [2.05, 4.69) is 4.98 Å². The first-order valence-electron chi connectivity index (χ1n) is 4.83. The highest BCUT2D eigenvalue weighted by molar-refractivity contribution is 7.99. The van der Waals surface area contributed by atoms with Crippen LogP contribution in [0, 0.1) is 0 Å². The molecule has 88 valence electrons. The van der Waals surface area contributed by atoms with Crippen LogP contribution in [0.5, 0.6) is 0 Å². The average molecular weight is 242 g/mol. The summed E-state index contributed by atoms with van der Waals surface area (Å²) in [6, 6.07) is 3.57. The fourth-order valence-corrected chi connectivity index (χ4v) is 1.79. The molecule has 0 aromatic carbocycles. The molecule has 0 aliphatic carbocycles. The zero-order valence-electron chi connectivity index (χ0n) is 8.92. The van der Waals surface area contributed by atoms with Gasteiger partial charge in [0.05, 0.1) is 12.3 Å². The number of ether oxygens (including phenoxy) is 1. The molecule has 0 saturated carbocycles. The largest absolute Gasteiger partial charge is 0.437 e. The van der Waals surface area contributed by atoms with Gasteiger partial charge >= 0.3 is 6.09 Å². The summed E-state index contributed by atoms with van der Waals surface area (Å²) in [5, 5.41) is 9.02. The first kappa shape index (κ1) is 12.8. The highest BCUT2D eigenvalue weighted by Gasteiger charge is 2.15. The number of thioether (sulfide) groups is 1. The van der Waals surface area contributed by atoms with Crippen molar-refractivity contribution in [2.75, 3.05) is 12.4 Å². The minimum absolute atomic E-state index is 0.337. The zero-order valence-corrected chi connectivity index (χ0v) is 9.74. The van der Waals surface area contributed by atoms with Crippen LogP contribution in [-0.2, 0) is 4.74 Å². The minimum atomic E-state index is -0.923. The molecule has 6 heteroatoms. The normalized spacial score (nSPS) is 12.1. The van der Waals surface area contributed by atoms with E-state index >= 15 is 0 Å². The number of primary amides is 1. The highest BCUT2D eigenvalue weighted by atomic mass is 32.2. The van der Waals surface area contributed by atoms with Gasteiger partial charge in [0.15, 0.2) is 6.10 Å². The maximum atomic E-state index is 10.6. The van der Waals surface area contributed by atoms with E-state index in [1.54, 1.807) is 24.0 Å². The third-order valence-electron chi connectivity index (χ3n) is 1.82. The van der Waals surface area contributed by atoms with Crippen LogP contribution in [0.2, 0.25) is 0 Å². The van der Waals surface area contributed by atoms with E-state index in [1.165, 1.54) is 0 Å². The molecule has 0 unspecified atom stereocenters. The molecule has 0 fully saturated rings. The third kappa shape index (κ3) is 3.71. The third-order valence-corrected chi connectivity index (χ3v) is 2.69. The maximum Gasteiger partial charge on any atom is 0.405 e. The number of amides is 1. The molecule has 1 rings (SSSR count). The van der Waals surface area contributed by atoms with Crippen molar-refractivity contribution in [3.8, 4) is 0 Å². The predicted octanol–water partition coefficient (Wildman–Crippen LogP) is 1.32. The molecule has 1 amide bonds. The molecule has 0 spiro atoms. The number of carbonyl (C=O) groups excluding carboxylic acids is 1. The molecule has 1 heterocycles. The van der Waals surface area contributed by atoms with Gasteiger partial charge < -0.3 is 15.6 Å². The molecule has 0 aliphatic heterocycles. The topological polar surface area (TPSA) is 85.4 Å². The predicted molar refractivity (Wildman–Crippen MR) is 61.1 cm³/mol. The van der Waals surface area contributed by atoms with E-state index < -0.39 is 12.2 Å². The highest BCUT2D eigenvalue weighted by Crippen LogP contribution is 2.20. The molecular formula is C10H14N2O3S. The lowest BCUT2D eigenvalue weighted by Gasteiger charge is -2.13. The van der Waals surface area contributed by atoms with Gasteiger partial charge in [-0.3, -0.25) is 4.98 Å². The van der Waals surface area contributed by atoms with Crippen molar-refractivity contribution in [1.82, 2.24) is 4.98 Å². The molecule has 1 atom stereocenters. The first-order chi connectivity index (χ1) is 7.67. The number of aliphatic hydroxyl groups excluding tert-OH is 1. The molecule has 0 aliphatic rings. The summed E-state index contributed by atoms with van der Waals surface area (Å²) in [5.41, 5.74) is 5.37. The van der Waals surface area contributed by atoms with E-state index in [0.29, 0.717) is 5.69 Å². The lowest BCUT2D eigenvalue weighted by Crippen LogP contribution is -2.20. The number of rotatable bonds is 5. The maximum absolute atomic E-state index is 10.6. The number of carbonyl (C=O) groups is 1. The van der Waals surface area contributed by atoms with Crippen LogP contribution >= 0.6 is 11.8 Å². The quantitative estimate of drug-likeness (QED) is 0.761. The van der Waals surface area contributed by atoms with Crippen LogP contribution in [0.15, 0.2) is 23.2 Å².